The minimum atomic E-state index is -4.45. The van der Waals surface area contributed by atoms with Crippen molar-refractivity contribution in [3.05, 3.63) is 46.3 Å². The van der Waals surface area contributed by atoms with Crippen LogP contribution < -0.4 is 10.9 Å². The highest BCUT2D eigenvalue weighted by atomic mass is 79.9. The number of nitrogens with one attached hydrogen (secondary N) is 3. The van der Waals surface area contributed by atoms with Crippen LogP contribution in [0.25, 0.3) is 0 Å². The van der Waals surface area contributed by atoms with E-state index >= 15 is 0 Å². The third kappa shape index (κ3) is 5.27. The van der Waals surface area contributed by atoms with Crippen molar-refractivity contribution in [2.24, 2.45) is 0 Å². The fourth-order valence-corrected chi connectivity index (χ4v) is 2.49. The molecule has 0 bridgehead atoms. The van der Waals surface area contributed by atoms with Gasteiger partial charge in [-0.1, -0.05) is 11.8 Å². The summed E-state index contributed by atoms with van der Waals surface area (Å²) >= 11 is 4.11. The van der Waals surface area contributed by atoms with Gasteiger partial charge in [-0.25, -0.2) is 4.98 Å². The molecule has 2 heterocycles. The standard InChI is InChI=1S/C13H10BrF3N4O2S/c14-8-3-9(18-5-8)12(23)21-20-10(22)6-24-11-2-1-7(4-19-11)13(15,16)17/h1-5,18H,6H2,(H,20,22)(H,21,23). The van der Waals surface area contributed by atoms with Crippen molar-refractivity contribution in [2.45, 2.75) is 11.2 Å². The smallest absolute Gasteiger partial charge is 0.356 e. The molecule has 3 N–H and O–H groups in total. The number of aromatic amines is 1. The van der Waals surface area contributed by atoms with Gasteiger partial charge in [0.2, 0.25) is 5.91 Å². The molecule has 0 saturated heterocycles. The zero-order valence-corrected chi connectivity index (χ0v) is 14.2. The maximum atomic E-state index is 12.4. The molecule has 0 aliphatic carbocycles. The third-order valence-electron chi connectivity index (χ3n) is 2.62. The van der Waals surface area contributed by atoms with Gasteiger partial charge in [-0.2, -0.15) is 13.2 Å². The lowest BCUT2D eigenvalue weighted by Gasteiger charge is -2.07. The van der Waals surface area contributed by atoms with Crippen LogP contribution in [0.5, 0.6) is 0 Å². The van der Waals surface area contributed by atoms with E-state index in [1.165, 1.54) is 12.1 Å². The van der Waals surface area contributed by atoms with Crippen LogP contribution in [0.1, 0.15) is 16.1 Å². The summed E-state index contributed by atoms with van der Waals surface area (Å²) in [6.45, 7) is 0. The summed E-state index contributed by atoms with van der Waals surface area (Å²) in [6, 6.07) is 3.59. The number of rotatable bonds is 4. The number of carbonyl (C=O) groups is 2. The van der Waals surface area contributed by atoms with Gasteiger partial charge in [-0.15, -0.1) is 0 Å². The minimum Gasteiger partial charge on any atom is -0.356 e. The van der Waals surface area contributed by atoms with Gasteiger partial charge in [-0.05, 0) is 34.1 Å². The number of carbonyl (C=O) groups excluding carboxylic acids is 2. The maximum absolute atomic E-state index is 12.4. The number of pyridine rings is 1. The molecule has 2 aromatic rings. The van der Waals surface area contributed by atoms with E-state index in [-0.39, 0.29) is 16.5 Å². The van der Waals surface area contributed by atoms with Gasteiger partial charge < -0.3 is 4.98 Å². The van der Waals surface area contributed by atoms with Crippen LogP contribution in [0.15, 0.2) is 40.1 Å². The van der Waals surface area contributed by atoms with Crippen molar-refractivity contribution in [1.82, 2.24) is 20.8 Å². The summed E-state index contributed by atoms with van der Waals surface area (Å²) in [6.07, 6.45) is -2.20. The molecular formula is C13H10BrF3N4O2S. The molecular weight excluding hydrogens is 413 g/mol. The molecule has 11 heteroatoms. The molecule has 0 aromatic carbocycles. The molecule has 24 heavy (non-hydrogen) atoms. The predicted octanol–water partition coefficient (Wildman–Crippen LogP) is 2.74. The van der Waals surface area contributed by atoms with Crippen molar-refractivity contribution >= 4 is 39.5 Å². The number of halogens is 4. The molecule has 0 atom stereocenters. The second-order valence-corrected chi connectivity index (χ2v) is 6.32. The van der Waals surface area contributed by atoms with E-state index in [0.29, 0.717) is 10.7 Å². The van der Waals surface area contributed by atoms with E-state index in [1.807, 2.05) is 0 Å². The highest BCUT2D eigenvalue weighted by Gasteiger charge is 2.30. The zero-order chi connectivity index (χ0) is 17.7. The molecule has 0 fully saturated rings. The largest absolute Gasteiger partial charge is 0.417 e. The van der Waals surface area contributed by atoms with Crippen molar-refractivity contribution < 1.29 is 22.8 Å². The Morgan fingerprint density at radius 1 is 1.29 bits per heavy atom. The van der Waals surface area contributed by atoms with Gasteiger partial charge in [0.05, 0.1) is 16.3 Å². The van der Waals surface area contributed by atoms with Crippen LogP contribution in [-0.4, -0.2) is 27.5 Å². The summed E-state index contributed by atoms with van der Waals surface area (Å²) in [5.41, 5.74) is 3.79. The summed E-state index contributed by atoms with van der Waals surface area (Å²) in [7, 11) is 0. The summed E-state index contributed by atoms with van der Waals surface area (Å²) in [4.78, 5) is 29.6. The number of hydrogen-bond donors (Lipinski definition) is 3. The van der Waals surface area contributed by atoms with Crippen molar-refractivity contribution in [3.8, 4) is 0 Å². The van der Waals surface area contributed by atoms with Gasteiger partial charge in [0.1, 0.15) is 5.69 Å². The van der Waals surface area contributed by atoms with Crippen LogP contribution >= 0.6 is 27.7 Å². The molecule has 0 saturated carbocycles. The number of aromatic nitrogens is 2. The Morgan fingerprint density at radius 2 is 2.04 bits per heavy atom. The predicted molar refractivity (Wildman–Crippen MR) is 84.1 cm³/mol. The molecule has 0 unspecified atom stereocenters. The number of H-pyrrole nitrogens is 1. The number of hydrazine groups is 1. The molecule has 0 aliphatic heterocycles. The average Bonchev–Trinajstić information content (AvgIpc) is 2.96. The fraction of sp³-hybridized carbons (Fsp3) is 0.154. The first-order chi connectivity index (χ1) is 11.3. The Labute approximate surface area is 146 Å². The highest BCUT2D eigenvalue weighted by Crippen LogP contribution is 2.29. The molecule has 2 aromatic heterocycles. The Morgan fingerprint density at radius 3 is 2.58 bits per heavy atom. The zero-order valence-electron chi connectivity index (χ0n) is 11.8. The topological polar surface area (TPSA) is 86.9 Å². The molecule has 0 spiro atoms. The van der Waals surface area contributed by atoms with Gasteiger partial charge in [0.25, 0.3) is 5.91 Å². The van der Waals surface area contributed by atoms with Crippen LogP contribution in [0.3, 0.4) is 0 Å². The normalized spacial score (nSPS) is 11.2. The summed E-state index contributed by atoms with van der Waals surface area (Å²) in [5.74, 6) is -1.18. The number of thioether (sulfide) groups is 1. The van der Waals surface area contributed by atoms with E-state index in [2.05, 4.69) is 36.7 Å². The first kappa shape index (κ1) is 18.3. The first-order valence-electron chi connectivity index (χ1n) is 6.35. The van der Waals surface area contributed by atoms with Gasteiger partial charge >= 0.3 is 6.18 Å². The van der Waals surface area contributed by atoms with Gasteiger partial charge in [-0.3, -0.25) is 20.4 Å². The number of nitrogens with zero attached hydrogens (tertiary/aromatic N) is 1. The molecule has 0 aliphatic rings. The number of alkyl halides is 3. The van der Waals surface area contributed by atoms with E-state index in [9.17, 15) is 22.8 Å². The lowest BCUT2D eigenvalue weighted by atomic mass is 10.3. The van der Waals surface area contributed by atoms with Crippen LogP contribution in [0, 0.1) is 0 Å². The Kier molecular flexibility index (Phi) is 5.89. The Hall–Kier alpha value is -2.01. The molecule has 2 rings (SSSR count). The van der Waals surface area contributed by atoms with Gasteiger partial charge in [0, 0.05) is 16.9 Å². The second-order valence-electron chi connectivity index (χ2n) is 4.41. The van der Waals surface area contributed by atoms with Crippen LogP contribution in [-0.2, 0) is 11.0 Å². The lowest BCUT2D eigenvalue weighted by Crippen LogP contribution is -2.42. The second kappa shape index (κ2) is 7.71. The third-order valence-corrected chi connectivity index (χ3v) is 4.02. The van der Waals surface area contributed by atoms with E-state index < -0.39 is 23.6 Å². The first-order valence-corrected chi connectivity index (χ1v) is 8.12. The molecule has 0 radical (unpaired) electrons. The minimum absolute atomic E-state index is 0.118. The van der Waals surface area contributed by atoms with E-state index in [4.69, 9.17) is 0 Å². The van der Waals surface area contributed by atoms with Crippen LogP contribution in [0.4, 0.5) is 13.2 Å². The Bertz CT molecular complexity index is 734. The summed E-state index contributed by atoms with van der Waals surface area (Å²) in [5, 5.41) is 0.262. The van der Waals surface area contributed by atoms with Crippen molar-refractivity contribution in [3.63, 3.8) is 0 Å². The average molecular weight is 423 g/mol. The molecule has 128 valence electrons. The monoisotopic (exact) mass is 422 g/mol. The van der Waals surface area contributed by atoms with E-state index in [1.54, 1.807) is 6.20 Å². The quantitative estimate of drug-likeness (QED) is 0.522. The highest BCUT2D eigenvalue weighted by molar-refractivity contribution is 9.10. The lowest BCUT2D eigenvalue weighted by molar-refractivity contribution is -0.137. The maximum Gasteiger partial charge on any atom is 0.417 e. The number of hydrogen-bond acceptors (Lipinski definition) is 4. The SMILES string of the molecule is O=C(CSc1ccc(C(F)(F)F)cn1)NNC(=O)c1cc(Br)c[nH]1. The van der Waals surface area contributed by atoms with Crippen LogP contribution in [0.2, 0.25) is 0 Å². The number of amides is 2. The fourth-order valence-electron chi connectivity index (χ4n) is 1.50. The van der Waals surface area contributed by atoms with E-state index in [0.717, 1.165) is 17.8 Å². The van der Waals surface area contributed by atoms with Crippen molar-refractivity contribution in [1.29, 1.82) is 0 Å². The van der Waals surface area contributed by atoms with Crippen molar-refractivity contribution in [2.75, 3.05) is 5.75 Å². The Balaban J connectivity index is 1.78. The van der Waals surface area contributed by atoms with Gasteiger partial charge in [0.15, 0.2) is 0 Å². The summed E-state index contributed by atoms with van der Waals surface area (Å²) < 4.78 is 37.9. The molecule has 2 amide bonds. The molecule has 6 nitrogen and oxygen atoms in total.